The zero-order valence-electron chi connectivity index (χ0n) is 11.6. The highest BCUT2D eigenvalue weighted by molar-refractivity contribution is 7.91. The maximum Gasteiger partial charge on any atom is 0.277 e. The normalized spacial score (nSPS) is 11.6. The van der Waals surface area contributed by atoms with Gasteiger partial charge in [0.1, 0.15) is 5.52 Å². The molecular weight excluding hydrogens is 302 g/mol. The highest BCUT2D eigenvalue weighted by Gasteiger charge is 2.15. The van der Waals surface area contributed by atoms with Crippen LogP contribution in [0.2, 0.25) is 0 Å². The second-order valence-corrected chi connectivity index (χ2v) is 6.88. The van der Waals surface area contributed by atoms with Gasteiger partial charge in [0.2, 0.25) is 0 Å². The molecule has 0 spiro atoms. The molecule has 0 amide bonds. The van der Waals surface area contributed by atoms with E-state index in [-0.39, 0.29) is 22.8 Å². The van der Waals surface area contributed by atoms with Crippen molar-refractivity contribution in [3.05, 3.63) is 65.0 Å². The van der Waals surface area contributed by atoms with E-state index in [1.807, 2.05) is 0 Å². The number of nitrogens with zero attached hydrogens (tertiary/aromatic N) is 3. The Morgan fingerprint density at radius 2 is 1.64 bits per heavy atom. The van der Waals surface area contributed by atoms with Crippen molar-refractivity contribution in [2.24, 2.45) is 0 Å². The van der Waals surface area contributed by atoms with Crippen molar-refractivity contribution in [2.45, 2.75) is 11.4 Å². The molecule has 0 unspecified atom stereocenters. The lowest BCUT2D eigenvalue weighted by molar-refractivity contribution is 0.557. The van der Waals surface area contributed by atoms with E-state index in [9.17, 15) is 13.2 Å². The minimum absolute atomic E-state index is 0.0338. The van der Waals surface area contributed by atoms with Crippen molar-refractivity contribution in [3.8, 4) is 0 Å². The van der Waals surface area contributed by atoms with Crippen molar-refractivity contribution >= 4 is 20.7 Å². The highest BCUT2D eigenvalue weighted by Crippen LogP contribution is 2.10. The van der Waals surface area contributed by atoms with Gasteiger partial charge < -0.3 is 0 Å². The number of aryl methyl sites for hydroxylation is 1. The van der Waals surface area contributed by atoms with Crippen LogP contribution in [0.1, 0.15) is 0 Å². The lowest BCUT2D eigenvalue weighted by atomic mass is 10.2. The van der Waals surface area contributed by atoms with Gasteiger partial charge in [-0.2, -0.15) is 0 Å². The number of aromatic nitrogens is 3. The quantitative estimate of drug-likeness (QED) is 0.724. The van der Waals surface area contributed by atoms with Crippen molar-refractivity contribution < 1.29 is 8.42 Å². The van der Waals surface area contributed by atoms with Gasteiger partial charge in [-0.1, -0.05) is 35.5 Å². The zero-order valence-corrected chi connectivity index (χ0v) is 12.4. The summed E-state index contributed by atoms with van der Waals surface area (Å²) in [5, 5.41) is 8.15. The largest absolute Gasteiger partial charge is 0.277 e. The first-order chi connectivity index (χ1) is 10.6. The summed E-state index contributed by atoms with van der Waals surface area (Å²) < 4.78 is 25.5. The molecule has 0 bridgehead atoms. The molecule has 22 heavy (non-hydrogen) atoms. The number of rotatable bonds is 4. The van der Waals surface area contributed by atoms with Crippen LogP contribution in [0.25, 0.3) is 10.9 Å². The van der Waals surface area contributed by atoms with E-state index in [4.69, 9.17) is 0 Å². The molecule has 0 aliphatic rings. The molecule has 0 N–H and O–H groups in total. The van der Waals surface area contributed by atoms with Gasteiger partial charge >= 0.3 is 0 Å². The van der Waals surface area contributed by atoms with Crippen LogP contribution in [-0.2, 0) is 16.4 Å². The van der Waals surface area contributed by atoms with Crippen LogP contribution in [-0.4, -0.2) is 29.2 Å². The molecule has 3 aromatic rings. The van der Waals surface area contributed by atoms with Crippen LogP contribution in [0.3, 0.4) is 0 Å². The van der Waals surface area contributed by atoms with E-state index in [1.165, 1.54) is 12.1 Å². The molecule has 112 valence electrons. The minimum atomic E-state index is -3.46. The smallest absolute Gasteiger partial charge is 0.267 e. The van der Waals surface area contributed by atoms with Gasteiger partial charge in [0.25, 0.3) is 5.56 Å². The molecule has 0 atom stereocenters. The molecule has 0 saturated heterocycles. The fourth-order valence-electron chi connectivity index (χ4n) is 2.12. The Labute approximate surface area is 126 Å². The Hall–Kier alpha value is -2.54. The lowest BCUT2D eigenvalue weighted by Crippen LogP contribution is -2.27. The van der Waals surface area contributed by atoms with Gasteiger partial charge in [0.15, 0.2) is 9.84 Å². The van der Waals surface area contributed by atoms with Crippen molar-refractivity contribution in [2.75, 3.05) is 5.75 Å². The number of hydrogen-bond donors (Lipinski definition) is 0. The van der Waals surface area contributed by atoms with E-state index in [2.05, 4.69) is 10.3 Å². The Balaban J connectivity index is 1.89. The second kappa shape index (κ2) is 5.69. The maximum absolute atomic E-state index is 12.2. The summed E-state index contributed by atoms with van der Waals surface area (Å²) in [5.74, 6) is -0.204. The van der Waals surface area contributed by atoms with Crippen LogP contribution in [0.4, 0.5) is 0 Å². The number of sulfone groups is 1. The predicted molar refractivity (Wildman–Crippen MR) is 82.3 cm³/mol. The maximum atomic E-state index is 12.2. The highest BCUT2D eigenvalue weighted by atomic mass is 32.2. The average Bonchev–Trinajstić information content (AvgIpc) is 2.55. The Morgan fingerprint density at radius 1 is 0.955 bits per heavy atom. The van der Waals surface area contributed by atoms with Crippen molar-refractivity contribution in [1.29, 1.82) is 0 Å². The molecule has 0 fully saturated rings. The molecular formula is C15H13N3O3S. The summed E-state index contributed by atoms with van der Waals surface area (Å²) in [6.45, 7) is -0.0338. The molecule has 6 nitrogen and oxygen atoms in total. The third-order valence-electron chi connectivity index (χ3n) is 3.30. The first kappa shape index (κ1) is 14.4. The standard InChI is InChI=1S/C15H13N3O3S/c19-15-13-8-4-5-9-14(13)16-17-18(15)10-11-22(20,21)12-6-2-1-3-7-12/h1-9H,10-11H2. The lowest BCUT2D eigenvalue weighted by Gasteiger charge is -2.06. The summed E-state index contributed by atoms with van der Waals surface area (Å²) in [4.78, 5) is 12.5. The topological polar surface area (TPSA) is 81.9 Å². The third kappa shape index (κ3) is 2.75. The number of fused-ring (bicyclic) bond motifs is 1. The Kier molecular flexibility index (Phi) is 3.72. The van der Waals surface area contributed by atoms with Gasteiger partial charge in [-0.25, -0.2) is 13.1 Å². The molecule has 0 aliphatic carbocycles. The van der Waals surface area contributed by atoms with Gasteiger partial charge in [0.05, 0.1) is 22.6 Å². The molecule has 1 heterocycles. The molecule has 2 aromatic carbocycles. The molecule has 1 aromatic heterocycles. The molecule has 3 rings (SSSR count). The number of hydrogen-bond acceptors (Lipinski definition) is 5. The summed E-state index contributed by atoms with van der Waals surface area (Å²) >= 11 is 0. The van der Waals surface area contributed by atoms with E-state index < -0.39 is 9.84 Å². The predicted octanol–water partition coefficient (Wildman–Crippen LogP) is 1.27. The van der Waals surface area contributed by atoms with Gasteiger partial charge in [-0.05, 0) is 24.3 Å². The van der Waals surface area contributed by atoms with Gasteiger partial charge in [-0.3, -0.25) is 4.79 Å². The fraction of sp³-hybridized carbons (Fsp3) is 0.133. The van der Waals surface area contributed by atoms with Crippen LogP contribution >= 0.6 is 0 Å². The van der Waals surface area contributed by atoms with E-state index in [0.29, 0.717) is 10.9 Å². The average molecular weight is 315 g/mol. The molecule has 0 aliphatic heterocycles. The zero-order chi connectivity index (χ0) is 15.6. The van der Waals surface area contributed by atoms with Crippen LogP contribution in [0.5, 0.6) is 0 Å². The Morgan fingerprint density at radius 3 is 2.41 bits per heavy atom. The van der Waals surface area contributed by atoms with Crippen molar-refractivity contribution in [1.82, 2.24) is 15.0 Å². The first-order valence-electron chi connectivity index (χ1n) is 6.68. The first-order valence-corrected chi connectivity index (χ1v) is 8.33. The van der Waals surface area contributed by atoms with E-state index in [0.717, 1.165) is 4.68 Å². The fourth-order valence-corrected chi connectivity index (χ4v) is 3.34. The van der Waals surface area contributed by atoms with Gasteiger partial charge in [0, 0.05) is 0 Å². The van der Waals surface area contributed by atoms with Crippen molar-refractivity contribution in [3.63, 3.8) is 0 Å². The van der Waals surface area contributed by atoms with Crippen LogP contribution in [0.15, 0.2) is 64.3 Å². The summed E-state index contributed by atoms with van der Waals surface area (Å²) in [6, 6.07) is 15.0. The van der Waals surface area contributed by atoms with E-state index in [1.54, 1.807) is 42.5 Å². The summed E-state index contributed by atoms with van der Waals surface area (Å²) in [6.07, 6.45) is 0. The van der Waals surface area contributed by atoms with Crippen LogP contribution in [0, 0.1) is 0 Å². The van der Waals surface area contributed by atoms with Crippen LogP contribution < -0.4 is 5.56 Å². The molecule has 0 radical (unpaired) electrons. The summed E-state index contributed by atoms with van der Waals surface area (Å²) in [5.41, 5.74) is 0.156. The second-order valence-electron chi connectivity index (χ2n) is 4.77. The SMILES string of the molecule is O=c1c2ccccc2nnn1CCS(=O)(=O)c1ccccc1. The summed E-state index contributed by atoms with van der Waals surface area (Å²) in [7, 11) is -3.46. The molecule has 7 heteroatoms. The number of benzene rings is 2. The molecule has 0 saturated carbocycles. The minimum Gasteiger partial charge on any atom is -0.267 e. The van der Waals surface area contributed by atoms with E-state index >= 15 is 0 Å². The monoisotopic (exact) mass is 315 g/mol. The van der Waals surface area contributed by atoms with Gasteiger partial charge in [-0.15, -0.1) is 5.10 Å². The third-order valence-corrected chi connectivity index (χ3v) is 5.01. The Bertz CT molecular complexity index is 966.